The van der Waals surface area contributed by atoms with E-state index in [0.717, 1.165) is 6.42 Å². The summed E-state index contributed by atoms with van der Waals surface area (Å²) in [5.41, 5.74) is 1.36. The van der Waals surface area contributed by atoms with Crippen LogP contribution >= 0.6 is 0 Å². The molecule has 0 aromatic carbocycles. The minimum atomic E-state index is 0.602. The van der Waals surface area contributed by atoms with E-state index < -0.39 is 0 Å². The molecule has 0 fully saturated rings. The van der Waals surface area contributed by atoms with Crippen molar-refractivity contribution in [3.63, 3.8) is 0 Å². The lowest BCUT2D eigenvalue weighted by atomic mass is 9.49. The number of nitrogens with one attached hydrogen (secondary N) is 1. The van der Waals surface area contributed by atoms with Crippen molar-refractivity contribution in [1.82, 2.24) is 5.32 Å². The maximum absolute atomic E-state index is 3.04. The Balaban J connectivity index is 4.11. The van der Waals surface area contributed by atoms with E-state index in [1.54, 1.807) is 0 Å². The first kappa shape index (κ1) is 10.3. The van der Waals surface area contributed by atoms with Crippen LogP contribution in [0.3, 0.4) is 0 Å². The summed E-state index contributed by atoms with van der Waals surface area (Å²) in [6, 6.07) is 0. The lowest BCUT2D eigenvalue weighted by molar-refractivity contribution is 1.10. The normalized spacial score (nSPS) is 12.2. The smallest absolute Gasteiger partial charge is 0.171 e. The molecule has 1 N–H and O–H groups in total. The van der Waals surface area contributed by atoms with Gasteiger partial charge in [-0.1, -0.05) is 38.2 Å². The van der Waals surface area contributed by atoms with Gasteiger partial charge in [0, 0.05) is 7.05 Å². The van der Waals surface area contributed by atoms with Gasteiger partial charge in [0.25, 0.3) is 0 Å². The number of allylic oxidation sites excluding steroid dienone is 3. The Kier molecular flexibility index (Phi) is 5.72. The third-order valence-corrected chi connectivity index (χ3v) is 1.52. The van der Waals surface area contributed by atoms with Crippen LogP contribution in [-0.4, -0.2) is 13.8 Å². The average molecular weight is 151 g/mol. The molecule has 0 amide bonds. The van der Waals surface area contributed by atoms with E-state index in [1.807, 2.05) is 7.05 Å². The molecule has 0 heterocycles. The maximum Gasteiger partial charge on any atom is 0.171 e. The van der Waals surface area contributed by atoms with Gasteiger partial charge in [-0.2, -0.15) is 0 Å². The summed E-state index contributed by atoms with van der Waals surface area (Å²) in [6.07, 6.45) is 7.52. The molecule has 0 radical (unpaired) electrons. The van der Waals surface area contributed by atoms with Gasteiger partial charge < -0.3 is 5.32 Å². The van der Waals surface area contributed by atoms with Gasteiger partial charge in [0.1, 0.15) is 0 Å². The maximum atomic E-state index is 3.04. The summed E-state index contributed by atoms with van der Waals surface area (Å²) in [6.45, 7) is 7.14. The second-order valence-electron chi connectivity index (χ2n) is 2.90. The van der Waals surface area contributed by atoms with Crippen LogP contribution in [0.5, 0.6) is 0 Å². The van der Waals surface area contributed by atoms with Crippen molar-refractivity contribution in [2.45, 2.75) is 27.0 Å². The fraction of sp³-hybridized carbons (Fsp3) is 0.556. The predicted octanol–water partition coefficient (Wildman–Crippen LogP) is 2.35. The van der Waals surface area contributed by atoms with Gasteiger partial charge in [-0.25, -0.2) is 0 Å². The van der Waals surface area contributed by atoms with Crippen LogP contribution in [0.25, 0.3) is 0 Å². The van der Waals surface area contributed by atoms with Crippen LogP contribution in [0.1, 0.15) is 13.3 Å². The van der Waals surface area contributed by atoms with Gasteiger partial charge in [0.2, 0.25) is 0 Å². The van der Waals surface area contributed by atoms with E-state index in [1.165, 1.54) is 5.47 Å². The van der Waals surface area contributed by atoms with Crippen LogP contribution in [-0.2, 0) is 0 Å². The van der Waals surface area contributed by atoms with E-state index in [4.69, 9.17) is 0 Å². The zero-order valence-corrected chi connectivity index (χ0v) is 8.02. The van der Waals surface area contributed by atoms with Crippen LogP contribution in [0.15, 0.2) is 23.8 Å². The van der Waals surface area contributed by atoms with Crippen molar-refractivity contribution in [1.29, 1.82) is 0 Å². The van der Waals surface area contributed by atoms with Crippen LogP contribution in [0.2, 0.25) is 13.6 Å². The third-order valence-electron chi connectivity index (χ3n) is 1.52. The molecule has 0 aromatic heterocycles. The lowest BCUT2D eigenvalue weighted by Crippen LogP contribution is -2.07. The van der Waals surface area contributed by atoms with Crippen LogP contribution in [0.4, 0.5) is 0 Å². The molecule has 0 rings (SSSR count). The largest absolute Gasteiger partial charge is 0.394 e. The summed E-state index contributed by atoms with van der Waals surface area (Å²) < 4.78 is 0. The fourth-order valence-electron chi connectivity index (χ4n) is 0.828. The van der Waals surface area contributed by atoms with Crippen molar-refractivity contribution in [2.24, 2.45) is 0 Å². The molecule has 0 bridgehead atoms. The summed E-state index contributed by atoms with van der Waals surface area (Å²) >= 11 is 0. The topological polar surface area (TPSA) is 12.0 Å². The Labute approximate surface area is 70.7 Å². The molecule has 0 aliphatic carbocycles. The second-order valence-corrected chi connectivity index (χ2v) is 2.90. The monoisotopic (exact) mass is 151 g/mol. The summed E-state index contributed by atoms with van der Waals surface area (Å²) in [4.78, 5) is 0. The molecule has 0 spiro atoms. The quantitative estimate of drug-likeness (QED) is 0.480. The Morgan fingerprint density at radius 1 is 1.45 bits per heavy atom. The van der Waals surface area contributed by atoms with E-state index in [-0.39, 0.29) is 0 Å². The third kappa shape index (κ3) is 4.71. The van der Waals surface area contributed by atoms with Crippen LogP contribution in [0, 0.1) is 0 Å². The average Bonchev–Trinajstić information content (AvgIpc) is 1.97. The van der Waals surface area contributed by atoms with Crippen LogP contribution < -0.4 is 5.32 Å². The first-order chi connectivity index (χ1) is 5.22. The molecule has 0 aromatic rings. The highest BCUT2D eigenvalue weighted by molar-refractivity contribution is 6.64. The zero-order chi connectivity index (χ0) is 8.69. The van der Waals surface area contributed by atoms with Crippen molar-refractivity contribution in [3.8, 4) is 0 Å². The van der Waals surface area contributed by atoms with Gasteiger partial charge in [-0.05, 0) is 12.6 Å². The highest BCUT2D eigenvalue weighted by atomic mass is 14.8. The minimum absolute atomic E-state index is 0.602. The second kappa shape index (κ2) is 6.08. The SMILES string of the molecule is CC/C=C\C(=C/NC)B(C)C. The Hall–Kier alpha value is -0.655. The van der Waals surface area contributed by atoms with E-state index >= 15 is 0 Å². The minimum Gasteiger partial charge on any atom is -0.394 e. The Morgan fingerprint density at radius 3 is 2.45 bits per heavy atom. The summed E-state index contributed by atoms with van der Waals surface area (Å²) in [5, 5.41) is 3.04. The molecule has 0 atom stereocenters. The zero-order valence-electron chi connectivity index (χ0n) is 8.02. The van der Waals surface area contributed by atoms with Gasteiger partial charge >= 0.3 is 0 Å². The van der Waals surface area contributed by atoms with E-state index in [0.29, 0.717) is 6.71 Å². The molecule has 2 heteroatoms. The van der Waals surface area contributed by atoms with Gasteiger partial charge in [-0.3, -0.25) is 0 Å². The van der Waals surface area contributed by atoms with Crippen molar-refractivity contribution >= 4 is 6.71 Å². The van der Waals surface area contributed by atoms with Gasteiger partial charge in [0.05, 0.1) is 0 Å². The van der Waals surface area contributed by atoms with E-state index in [2.05, 4.69) is 44.2 Å². The summed E-state index contributed by atoms with van der Waals surface area (Å²) in [5.74, 6) is 0. The van der Waals surface area contributed by atoms with Crippen molar-refractivity contribution in [2.75, 3.05) is 7.05 Å². The molecule has 0 saturated heterocycles. The molecule has 62 valence electrons. The van der Waals surface area contributed by atoms with Gasteiger partial charge in [-0.15, -0.1) is 0 Å². The standard InChI is InChI=1S/C9H18BN/c1-5-6-7-9(8-11-4)10(2)3/h6-8,11H,5H2,1-4H3/b7-6-,9-8+. The molecule has 0 saturated carbocycles. The fourth-order valence-corrected chi connectivity index (χ4v) is 0.828. The molecule has 0 unspecified atom stereocenters. The van der Waals surface area contributed by atoms with Gasteiger partial charge in [0.15, 0.2) is 6.71 Å². The molecular formula is C9H18BN. The number of hydrogen-bond acceptors (Lipinski definition) is 1. The highest BCUT2D eigenvalue weighted by Crippen LogP contribution is 2.01. The summed E-state index contributed by atoms with van der Waals surface area (Å²) in [7, 11) is 1.93. The first-order valence-corrected chi connectivity index (χ1v) is 4.26. The first-order valence-electron chi connectivity index (χ1n) is 4.26. The molecule has 0 aliphatic rings. The van der Waals surface area contributed by atoms with Crippen molar-refractivity contribution in [3.05, 3.63) is 23.8 Å². The Morgan fingerprint density at radius 2 is 2.09 bits per heavy atom. The lowest BCUT2D eigenvalue weighted by Gasteiger charge is -2.02. The Bertz CT molecular complexity index is 148. The highest BCUT2D eigenvalue weighted by Gasteiger charge is 2.01. The number of rotatable bonds is 4. The molecular weight excluding hydrogens is 133 g/mol. The molecule has 11 heavy (non-hydrogen) atoms. The number of hydrogen-bond donors (Lipinski definition) is 1. The van der Waals surface area contributed by atoms with Crippen molar-refractivity contribution < 1.29 is 0 Å². The predicted molar refractivity (Wildman–Crippen MR) is 54.1 cm³/mol. The van der Waals surface area contributed by atoms with E-state index in [9.17, 15) is 0 Å². The molecule has 1 nitrogen and oxygen atoms in total. The molecule has 0 aliphatic heterocycles.